The molecular formula is C28H34N2O2. The van der Waals surface area contributed by atoms with E-state index in [0.717, 1.165) is 48.4 Å². The van der Waals surface area contributed by atoms with Crippen LogP contribution in [0.15, 0.2) is 84.9 Å². The lowest BCUT2D eigenvalue weighted by molar-refractivity contribution is 0.203. The SMILES string of the molecule is CCCCOc1ccc(N(C(=O)N(CCCC)Cc2ccccc2)c2ccccc2)cc1. The Balaban J connectivity index is 1.88. The number of nitrogens with zero attached hydrogens (tertiary/aromatic N) is 2. The number of para-hydroxylation sites is 1. The summed E-state index contributed by atoms with van der Waals surface area (Å²) in [6.45, 7) is 6.30. The molecule has 4 heteroatoms. The summed E-state index contributed by atoms with van der Waals surface area (Å²) in [6, 6.07) is 27.8. The Morgan fingerprint density at radius 2 is 1.34 bits per heavy atom. The average molecular weight is 431 g/mol. The van der Waals surface area contributed by atoms with Gasteiger partial charge in [-0.3, -0.25) is 4.90 Å². The molecule has 0 spiro atoms. The fourth-order valence-electron chi connectivity index (χ4n) is 3.51. The molecule has 0 unspecified atom stereocenters. The number of carbonyl (C=O) groups excluding carboxylic acids is 1. The van der Waals surface area contributed by atoms with Crippen LogP contribution in [0.4, 0.5) is 16.2 Å². The molecule has 0 saturated heterocycles. The van der Waals surface area contributed by atoms with Gasteiger partial charge in [-0.2, -0.15) is 0 Å². The quantitative estimate of drug-likeness (QED) is 0.296. The van der Waals surface area contributed by atoms with E-state index in [1.54, 1.807) is 4.90 Å². The fraction of sp³-hybridized carbons (Fsp3) is 0.321. The maximum atomic E-state index is 13.9. The Bertz CT molecular complexity index is 927. The van der Waals surface area contributed by atoms with Gasteiger partial charge in [0.15, 0.2) is 0 Å². The van der Waals surface area contributed by atoms with Crippen molar-refractivity contribution >= 4 is 17.4 Å². The third-order valence-corrected chi connectivity index (χ3v) is 5.34. The highest BCUT2D eigenvalue weighted by atomic mass is 16.5. The number of unbranched alkanes of at least 4 members (excludes halogenated alkanes) is 2. The molecule has 2 amide bonds. The van der Waals surface area contributed by atoms with E-state index >= 15 is 0 Å². The first kappa shape index (κ1) is 23.4. The third-order valence-electron chi connectivity index (χ3n) is 5.34. The number of carbonyl (C=O) groups is 1. The Morgan fingerprint density at radius 3 is 1.97 bits per heavy atom. The number of ether oxygens (including phenoxy) is 1. The molecule has 32 heavy (non-hydrogen) atoms. The van der Waals surface area contributed by atoms with E-state index in [2.05, 4.69) is 26.0 Å². The van der Waals surface area contributed by atoms with Crippen LogP contribution in [0.5, 0.6) is 5.75 Å². The topological polar surface area (TPSA) is 32.8 Å². The van der Waals surface area contributed by atoms with Gasteiger partial charge in [-0.15, -0.1) is 0 Å². The van der Waals surface area contributed by atoms with Gasteiger partial charge in [0.25, 0.3) is 0 Å². The van der Waals surface area contributed by atoms with Crippen LogP contribution < -0.4 is 9.64 Å². The van der Waals surface area contributed by atoms with Crippen molar-refractivity contribution in [1.82, 2.24) is 4.90 Å². The summed E-state index contributed by atoms with van der Waals surface area (Å²) >= 11 is 0. The molecule has 0 aromatic heterocycles. The number of hydrogen-bond acceptors (Lipinski definition) is 2. The van der Waals surface area contributed by atoms with E-state index in [1.807, 2.05) is 77.7 Å². The highest BCUT2D eigenvalue weighted by Crippen LogP contribution is 2.29. The summed E-state index contributed by atoms with van der Waals surface area (Å²) in [6.07, 6.45) is 4.13. The molecule has 3 aromatic rings. The number of benzene rings is 3. The van der Waals surface area contributed by atoms with Gasteiger partial charge in [0.05, 0.1) is 18.0 Å². The van der Waals surface area contributed by atoms with Crippen LogP contribution in [0.3, 0.4) is 0 Å². The third kappa shape index (κ3) is 6.61. The number of anilines is 2. The number of hydrogen-bond donors (Lipinski definition) is 0. The standard InChI is InChI=1S/C28H34N2O2/c1-3-5-21-29(23-24-13-9-7-10-14-24)28(31)30(25-15-11-8-12-16-25)26-17-19-27(20-18-26)32-22-6-4-2/h7-20H,3-6,21-23H2,1-2H3. The van der Waals surface area contributed by atoms with Crippen LogP contribution in [0, 0.1) is 0 Å². The first-order valence-electron chi connectivity index (χ1n) is 11.6. The van der Waals surface area contributed by atoms with Crippen molar-refractivity contribution in [1.29, 1.82) is 0 Å². The highest BCUT2D eigenvalue weighted by molar-refractivity contribution is 5.99. The highest BCUT2D eigenvalue weighted by Gasteiger charge is 2.24. The Morgan fingerprint density at radius 1 is 0.750 bits per heavy atom. The lowest BCUT2D eigenvalue weighted by Gasteiger charge is -2.31. The lowest BCUT2D eigenvalue weighted by Crippen LogP contribution is -2.41. The van der Waals surface area contributed by atoms with Crippen molar-refractivity contribution in [3.8, 4) is 5.75 Å². The predicted octanol–water partition coefficient (Wildman–Crippen LogP) is 7.43. The Hall–Kier alpha value is -3.27. The molecule has 0 bridgehead atoms. The van der Waals surface area contributed by atoms with Gasteiger partial charge < -0.3 is 9.64 Å². The molecule has 0 radical (unpaired) electrons. The van der Waals surface area contributed by atoms with Crippen molar-refractivity contribution in [2.24, 2.45) is 0 Å². The average Bonchev–Trinajstić information content (AvgIpc) is 2.84. The van der Waals surface area contributed by atoms with Gasteiger partial charge in [0.2, 0.25) is 0 Å². The van der Waals surface area contributed by atoms with Crippen molar-refractivity contribution in [2.45, 2.75) is 46.1 Å². The lowest BCUT2D eigenvalue weighted by atomic mass is 10.2. The molecule has 0 saturated carbocycles. The van der Waals surface area contributed by atoms with Gasteiger partial charge in [0.1, 0.15) is 5.75 Å². The van der Waals surface area contributed by atoms with Gasteiger partial charge >= 0.3 is 6.03 Å². The molecule has 0 aliphatic rings. The Labute approximate surface area is 192 Å². The maximum absolute atomic E-state index is 13.9. The normalized spacial score (nSPS) is 10.6. The Kier molecular flexibility index (Phi) is 9.18. The number of urea groups is 1. The van der Waals surface area contributed by atoms with E-state index < -0.39 is 0 Å². The molecule has 3 rings (SSSR count). The minimum absolute atomic E-state index is 0.0202. The second-order valence-electron chi connectivity index (χ2n) is 7.91. The van der Waals surface area contributed by atoms with Crippen LogP contribution in [0.1, 0.15) is 45.1 Å². The van der Waals surface area contributed by atoms with E-state index in [4.69, 9.17) is 4.74 Å². The first-order chi connectivity index (χ1) is 15.7. The van der Waals surface area contributed by atoms with E-state index in [1.165, 1.54) is 0 Å². The molecule has 0 heterocycles. The first-order valence-corrected chi connectivity index (χ1v) is 11.6. The van der Waals surface area contributed by atoms with Crippen LogP contribution >= 0.6 is 0 Å². The molecular weight excluding hydrogens is 396 g/mol. The van der Waals surface area contributed by atoms with Gasteiger partial charge in [-0.25, -0.2) is 4.79 Å². The van der Waals surface area contributed by atoms with Crippen LogP contribution in [0.25, 0.3) is 0 Å². The number of amides is 2. The summed E-state index contributed by atoms with van der Waals surface area (Å²) < 4.78 is 5.81. The predicted molar refractivity (Wildman–Crippen MR) is 133 cm³/mol. The second-order valence-corrected chi connectivity index (χ2v) is 7.91. The van der Waals surface area contributed by atoms with Crippen LogP contribution in [-0.2, 0) is 6.54 Å². The fourth-order valence-corrected chi connectivity index (χ4v) is 3.51. The zero-order valence-corrected chi connectivity index (χ0v) is 19.2. The molecule has 168 valence electrons. The zero-order chi connectivity index (χ0) is 22.6. The zero-order valence-electron chi connectivity index (χ0n) is 19.2. The monoisotopic (exact) mass is 430 g/mol. The summed E-state index contributed by atoms with van der Waals surface area (Å²) in [5.41, 5.74) is 2.81. The van der Waals surface area contributed by atoms with Crippen molar-refractivity contribution in [2.75, 3.05) is 18.1 Å². The molecule has 0 aliphatic heterocycles. The smallest absolute Gasteiger partial charge is 0.329 e. The molecule has 4 nitrogen and oxygen atoms in total. The largest absolute Gasteiger partial charge is 0.494 e. The minimum Gasteiger partial charge on any atom is -0.494 e. The van der Waals surface area contributed by atoms with Crippen molar-refractivity contribution in [3.05, 3.63) is 90.5 Å². The summed E-state index contributed by atoms with van der Waals surface area (Å²) in [5.74, 6) is 0.829. The minimum atomic E-state index is -0.0202. The van der Waals surface area contributed by atoms with E-state index in [-0.39, 0.29) is 6.03 Å². The van der Waals surface area contributed by atoms with Crippen LogP contribution in [-0.4, -0.2) is 24.1 Å². The molecule has 0 aliphatic carbocycles. The van der Waals surface area contributed by atoms with Crippen molar-refractivity contribution < 1.29 is 9.53 Å². The molecule has 0 N–H and O–H groups in total. The van der Waals surface area contributed by atoms with Gasteiger partial charge in [0, 0.05) is 13.1 Å². The molecule has 0 fully saturated rings. The molecule has 3 aromatic carbocycles. The van der Waals surface area contributed by atoms with E-state index in [0.29, 0.717) is 19.7 Å². The maximum Gasteiger partial charge on any atom is 0.329 e. The number of rotatable bonds is 11. The van der Waals surface area contributed by atoms with Gasteiger partial charge in [-0.1, -0.05) is 75.2 Å². The summed E-state index contributed by atoms with van der Waals surface area (Å²) in [5, 5.41) is 0. The second kappa shape index (κ2) is 12.6. The van der Waals surface area contributed by atoms with Crippen LogP contribution in [0.2, 0.25) is 0 Å². The molecule has 0 atom stereocenters. The van der Waals surface area contributed by atoms with E-state index in [9.17, 15) is 4.79 Å². The van der Waals surface area contributed by atoms with Gasteiger partial charge in [-0.05, 0) is 54.8 Å². The summed E-state index contributed by atoms with van der Waals surface area (Å²) in [4.78, 5) is 17.6. The summed E-state index contributed by atoms with van der Waals surface area (Å²) in [7, 11) is 0. The van der Waals surface area contributed by atoms with Crippen molar-refractivity contribution in [3.63, 3.8) is 0 Å².